The van der Waals surface area contributed by atoms with Gasteiger partial charge in [0.15, 0.2) is 0 Å². The Bertz CT molecular complexity index is 600. The molecule has 1 aliphatic rings. The molecule has 0 aliphatic carbocycles. The van der Waals surface area contributed by atoms with Gasteiger partial charge in [0.1, 0.15) is 0 Å². The van der Waals surface area contributed by atoms with Crippen LogP contribution in [-0.4, -0.2) is 79.3 Å². The summed E-state index contributed by atoms with van der Waals surface area (Å²) in [6.07, 6.45) is -0.165. The molecule has 2 N–H and O–H groups in total. The van der Waals surface area contributed by atoms with Crippen LogP contribution in [0, 0.1) is 13.8 Å². The van der Waals surface area contributed by atoms with E-state index in [4.69, 9.17) is 9.84 Å². The normalized spacial score (nSPS) is 17.6. The summed E-state index contributed by atoms with van der Waals surface area (Å²) in [6, 6.07) is 6.03. The van der Waals surface area contributed by atoms with Gasteiger partial charge < -0.3 is 20.1 Å². The van der Waals surface area contributed by atoms with Crippen molar-refractivity contribution in [2.75, 3.05) is 51.7 Å². The molecule has 1 unspecified atom stereocenters. The number of nitrogens with zero attached hydrogens (tertiary/aromatic N) is 2. The maximum atomic E-state index is 12.5. The van der Waals surface area contributed by atoms with Crippen LogP contribution in [0.3, 0.4) is 0 Å². The number of hydrogen-bond acceptors (Lipinski definition) is 5. The van der Waals surface area contributed by atoms with Gasteiger partial charge in [0.2, 0.25) is 5.91 Å². The summed E-state index contributed by atoms with van der Waals surface area (Å²) >= 11 is 0. The summed E-state index contributed by atoms with van der Waals surface area (Å²) in [4.78, 5) is 26.7. The first kappa shape index (κ1) is 19.2. The average Bonchev–Trinajstić information content (AvgIpc) is 2.53. The summed E-state index contributed by atoms with van der Waals surface area (Å²) in [7, 11) is 1.74. The quantitative estimate of drug-likeness (QED) is 0.763. The number of benzene rings is 1. The predicted molar refractivity (Wildman–Crippen MR) is 95.9 cm³/mol. The number of carbonyl (C=O) groups is 2. The molecule has 2 rings (SSSR count). The van der Waals surface area contributed by atoms with Crippen LogP contribution >= 0.6 is 0 Å². The number of rotatable bonds is 7. The Labute approximate surface area is 148 Å². The van der Waals surface area contributed by atoms with Gasteiger partial charge in [-0.2, -0.15) is 0 Å². The lowest BCUT2D eigenvalue weighted by atomic mass is 10.1. The van der Waals surface area contributed by atoms with Crippen LogP contribution in [0.15, 0.2) is 18.2 Å². The monoisotopic (exact) mass is 349 g/mol. The third-order valence-electron chi connectivity index (χ3n) is 4.31. The third-order valence-corrected chi connectivity index (χ3v) is 4.31. The van der Waals surface area contributed by atoms with Crippen molar-refractivity contribution in [3.8, 4) is 0 Å². The van der Waals surface area contributed by atoms with Gasteiger partial charge in [0.05, 0.1) is 25.8 Å². The van der Waals surface area contributed by atoms with Gasteiger partial charge in [0, 0.05) is 25.3 Å². The molecule has 1 aliphatic heterocycles. The van der Waals surface area contributed by atoms with Crippen molar-refractivity contribution in [1.82, 2.24) is 9.80 Å². The lowest BCUT2D eigenvalue weighted by Crippen LogP contribution is -2.50. The highest BCUT2D eigenvalue weighted by molar-refractivity contribution is 5.81. The minimum Gasteiger partial charge on any atom is -0.480 e. The van der Waals surface area contributed by atoms with Gasteiger partial charge in [-0.1, -0.05) is 18.2 Å². The first-order valence-corrected chi connectivity index (χ1v) is 8.46. The molecule has 1 aromatic carbocycles. The number of amides is 1. The topological polar surface area (TPSA) is 82.1 Å². The molecule has 1 saturated heterocycles. The second kappa shape index (κ2) is 8.82. The van der Waals surface area contributed by atoms with E-state index in [0.717, 1.165) is 16.8 Å². The number of likely N-dealkylation sites (N-methyl/N-ethyl adjacent to an activating group) is 1. The van der Waals surface area contributed by atoms with Gasteiger partial charge in [-0.3, -0.25) is 14.5 Å². The van der Waals surface area contributed by atoms with Crippen molar-refractivity contribution < 1.29 is 19.4 Å². The molecule has 1 amide bonds. The van der Waals surface area contributed by atoms with Gasteiger partial charge in [-0.25, -0.2) is 0 Å². The Balaban J connectivity index is 1.86. The highest BCUT2D eigenvalue weighted by atomic mass is 16.5. The van der Waals surface area contributed by atoms with Crippen molar-refractivity contribution in [3.05, 3.63) is 29.3 Å². The van der Waals surface area contributed by atoms with Crippen LogP contribution in [0.25, 0.3) is 0 Å². The fourth-order valence-corrected chi connectivity index (χ4v) is 3.07. The van der Waals surface area contributed by atoms with Crippen LogP contribution in [0.2, 0.25) is 0 Å². The zero-order valence-corrected chi connectivity index (χ0v) is 15.1. The lowest BCUT2D eigenvalue weighted by molar-refractivity contribution is -0.141. The Morgan fingerprint density at radius 1 is 1.36 bits per heavy atom. The molecular formula is C18H27N3O4. The number of anilines is 1. The van der Waals surface area contributed by atoms with Gasteiger partial charge in [-0.15, -0.1) is 0 Å². The number of para-hydroxylation sites is 1. The molecule has 1 heterocycles. The first-order valence-electron chi connectivity index (χ1n) is 8.46. The molecule has 0 radical (unpaired) electrons. The standard InChI is InChI=1S/C18H27N3O4/c1-13-5-4-6-14(2)18(13)19-9-16(22)21-7-8-25-15(11-21)10-20(3)12-17(23)24/h4-6,15,19H,7-12H2,1-3H3,(H,23,24). The average molecular weight is 349 g/mol. The predicted octanol–water partition coefficient (Wildman–Crippen LogP) is 0.959. The first-order chi connectivity index (χ1) is 11.9. The minimum atomic E-state index is -0.871. The van der Waals surface area contributed by atoms with E-state index in [2.05, 4.69) is 5.32 Å². The molecule has 7 heteroatoms. The molecule has 0 aromatic heterocycles. The lowest BCUT2D eigenvalue weighted by Gasteiger charge is -2.34. The number of nitrogens with one attached hydrogen (secondary N) is 1. The molecule has 138 valence electrons. The smallest absolute Gasteiger partial charge is 0.317 e. The zero-order chi connectivity index (χ0) is 18.4. The zero-order valence-electron chi connectivity index (χ0n) is 15.1. The summed E-state index contributed by atoms with van der Waals surface area (Å²) in [5.41, 5.74) is 3.23. The fraction of sp³-hybridized carbons (Fsp3) is 0.556. The van der Waals surface area contributed by atoms with E-state index < -0.39 is 5.97 Å². The van der Waals surface area contributed by atoms with Crippen molar-refractivity contribution in [3.63, 3.8) is 0 Å². The highest BCUT2D eigenvalue weighted by Gasteiger charge is 2.25. The number of morpholine rings is 1. The van der Waals surface area contributed by atoms with Crippen molar-refractivity contribution in [2.24, 2.45) is 0 Å². The summed E-state index contributed by atoms with van der Waals surface area (Å²) in [5.74, 6) is -0.846. The van der Waals surface area contributed by atoms with E-state index in [1.165, 1.54) is 0 Å². The number of ether oxygens (including phenoxy) is 1. The molecular weight excluding hydrogens is 322 g/mol. The number of aliphatic carboxylic acids is 1. The van der Waals surface area contributed by atoms with Crippen molar-refractivity contribution >= 4 is 17.6 Å². The number of carboxylic acid groups (broad SMARTS) is 1. The molecule has 0 bridgehead atoms. The Morgan fingerprint density at radius 2 is 2.04 bits per heavy atom. The van der Waals surface area contributed by atoms with Crippen molar-refractivity contribution in [1.29, 1.82) is 0 Å². The van der Waals surface area contributed by atoms with Gasteiger partial charge in [-0.05, 0) is 32.0 Å². The van der Waals surface area contributed by atoms with E-state index in [1.807, 2.05) is 32.0 Å². The number of hydrogen-bond donors (Lipinski definition) is 2. The van der Waals surface area contributed by atoms with Crippen LogP contribution in [0.1, 0.15) is 11.1 Å². The highest BCUT2D eigenvalue weighted by Crippen LogP contribution is 2.19. The molecule has 1 atom stereocenters. The van der Waals surface area contributed by atoms with Crippen LogP contribution in [0.5, 0.6) is 0 Å². The molecule has 25 heavy (non-hydrogen) atoms. The van der Waals surface area contributed by atoms with Crippen molar-refractivity contribution in [2.45, 2.75) is 20.0 Å². The molecule has 0 saturated carbocycles. The fourth-order valence-electron chi connectivity index (χ4n) is 3.07. The maximum Gasteiger partial charge on any atom is 0.317 e. The third kappa shape index (κ3) is 5.72. The minimum absolute atomic E-state index is 0.0249. The molecule has 1 aromatic rings. The largest absolute Gasteiger partial charge is 0.480 e. The van der Waals surface area contributed by atoms with E-state index in [-0.39, 0.29) is 25.1 Å². The van der Waals surface area contributed by atoms with Crippen LogP contribution in [-0.2, 0) is 14.3 Å². The van der Waals surface area contributed by atoms with E-state index in [1.54, 1.807) is 16.8 Å². The van der Waals surface area contributed by atoms with E-state index in [9.17, 15) is 9.59 Å². The summed E-state index contributed by atoms with van der Waals surface area (Å²) in [5, 5.41) is 12.1. The number of carbonyl (C=O) groups excluding carboxylic acids is 1. The van der Waals surface area contributed by atoms with E-state index >= 15 is 0 Å². The Morgan fingerprint density at radius 3 is 2.68 bits per heavy atom. The summed E-state index contributed by atoms with van der Waals surface area (Å²) < 4.78 is 5.66. The summed E-state index contributed by atoms with van der Waals surface area (Å²) in [6.45, 7) is 6.24. The van der Waals surface area contributed by atoms with Gasteiger partial charge >= 0.3 is 5.97 Å². The number of carboxylic acids is 1. The molecule has 7 nitrogen and oxygen atoms in total. The SMILES string of the molecule is Cc1cccc(C)c1NCC(=O)N1CCOC(CN(C)CC(=O)O)C1. The van der Waals surface area contributed by atoms with E-state index in [0.29, 0.717) is 26.2 Å². The molecule has 0 spiro atoms. The van der Waals surface area contributed by atoms with Crippen LogP contribution in [0.4, 0.5) is 5.69 Å². The Hall–Kier alpha value is -2.12. The number of aryl methyl sites for hydroxylation is 2. The maximum absolute atomic E-state index is 12.5. The molecule has 1 fully saturated rings. The van der Waals surface area contributed by atoms with Crippen LogP contribution < -0.4 is 5.32 Å². The second-order valence-electron chi connectivity index (χ2n) is 6.54. The van der Waals surface area contributed by atoms with Gasteiger partial charge in [0.25, 0.3) is 0 Å². The Kier molecular flexibility index (Phi) is 6.78. The second-order valence-corrected chi connectivity index (χ2v) is 6.54.